The smallest absolute Gasteiger partial charge is 0.0294 e. The summed E-state index contributed by atoms with van der Waals surface area (Å²) in [6, 6.07) is 11.7. The SMILES string of the molecule is CCC(C)C(CC)NC(C)c1ccccc1. The van der Waals surface area contributed by atoms with E-state index < -0.39 is 0 Å². The molecule has 0 aliphatic rings. The molecule has 1 aromatic carbocycles. The van der Waals surface area contributed by atoms with Crippen molar-refractivity contribution in [2.45, 2.75) is 52.6 Å². The van der Waals surface area contributed by atoms with E-state index in [0.29, 0.717) is 12.1 Å². The quantitative estimate of drug-likeness (QED) is 0.757. The second-order valence-corrected chi connectivity index (χ2v) is 4.70. The molecule has 90 valence electrons. The van der Waals surface area contributed by atoms with Gasteiger partial charge in [0.1, 0.15) is 0 Å². The number of hydrogen-bond donors (Lipinski definition) is 1. The van der Waals surface area contributed by atoms with Gasteiger partial charge >= 0.3 is 0 Å². The molecule has 0 aliphatic heterocycles. The van der Waals surface area contributed by atoms with E-state index in [1.165, 1.54) is 18.4 Å². The van der Waals surface area contributed by atoms with E-state index in [4.69, 9.17) is 0 Å². The molecule has 1 nitrogen and oxygen atoms in total. The summed E-state index contributed by atoms with van der Waals surface area (Å²) in [6.45, 7) is 9.11. The molecule has 0 radical (unpaired) electrons. The third-order valence-electron chi connectivity index (χ3n) is 3.53. The van der Waals surface area contributed by atoms with E-state index in [9.17, 15) is 0 Å². The molecule has 16 heavy (non-hydrogen) atoms. The van der Waals surface area contributed by atoms with Crippen LogP contribution in [0.3, 0.4) is 0 Å². The standard InChI is InChI=1S/C15H25N/c1-5-12(3)15(6-2)16-13(4)14-10-8-7-9-11-14/h7-13,15-16H,5-6H2,1-4H3. The van der Waals surface area contributed by atoms with Crippen LogP contribution >= 0.6 is 0 Å². The first-order valence-corrected chi connectivity index (χ1v) is 6.50. The summed E-state index contributed by atoms with van der Waals surface area (Å²) in [5.74, 6) is 0.746. The summed E-state index contributed by atoms with van der Waals surface area (Å²) in [5, 5.41) is 3.73. The zero-order chi connectivity index (χ0) is 12.0. The fraction of sp³-hybridized carbons (Fsp3) is 0.600. The Kier molecular flexibility index (Phi) is 5.54. The van der Waals surface area contributed by atoms with Crippen molar-refractivity contribution in [3.05, 3.63) is 35.9 Å². The minimum absolute atomic E-state index is 0.445. The van der Waals surface area contributed by atoms with Gasteiger partial charge in [0, 0.05) is 12.1 Å². The molecule has 1 aromatic rings. The zero-order valence-corrected chi connectivity index (χ0v) is 11.0. The molecule has 3 atom stereocenters. The summed E-state index contributed by atoms with van der Waals surface area (Å²) < 4.78 is 0. The van der Waals surface area contributed by atoms with E-state index in [-0.39, 0.29) is 0 Å². The van der Waals surface area contributed by atoms with Crippen LogP contribution in [-0.2, 0) is 0 Å². The summed E-state index contributed by atoms with van der Waals surface area (Å²) in [6.07, 6.45) is 2.44. The second-order valence-electron chi connectivity index (χ2n) is 4.70. The topological polar surface area (TPSA) is 12.0 Å². The molecule has 0 spiro atoms. The molecule has 0 heterocycles. The van der Waals surface area contributed by atoms with Crippen LogP contribution in [0.2, 0.25) is 0 Å². The van der Waals surface area contributed by atoms with Gasteiger partial charge in [-0.1, -0.05) is 57.5 Å². The van der Waals surface area contributed by atoms with Crippen LogP contribution in [0.25, 0.3) is 0 Å². The maximum absolute atomic E-state index is 3.73. The van der Waals surface area contributed by atoms with Gasteiger partial charge in [-0.2, -0.15) is 0 Å². The van der Waals surface area contributed by atoms with Gasteiger partial charge in [0.05, 0.1) is 0 Å². The molecule has 0 aliphatic carbocycles. The van der Waals surface area contributed by atoms with Crippen LogP contribution in [0.15, 0.2) is 30.3 Å². The van der Waals surface area contributed by atoms with Gasteiger partial charge in [-0.25, -0.2) is 0 Å². The van der Waals surface area contributed by atoms with E-state index in [1.807, 2.05) is 0 Å². The van der Waals surface area contributed by atoms with Gasteiger partial charge in [0.15, 0.2) is 0 Å². The van der Waals surface area contributed by atoms with Crippen LogP contribution in [0.1, 0.15) is 52.1 Å². The first kappa shape index (κ1) is 13.2. The maximum Gasteiger partial charge on any atom is 0.0294 e. The highest BCUT2D eigenvalue weighted by Crippen LogP contribution is 2.17. The molecule has 3 unspecified atom stereocenters. The number of benzene rings is 1. The lowest BCUT2D eigenvalue weighted by Crippen LogP contribution is -2.36. The summed E-state index contributed by atoms with van der Waals surface area (Å²) >= 11 is 0. The highest BCUT2D eigenvalue weighted by molar-refractivity contribution is 5.18. The minimum Gasteiger partial charge on any atom is -0.307 e. The van der Waals surface area contributed by atoms with Crippen molar-refractivity contribution in [1.82, 2.24) is 5.32 Å². The molecule has 1 heteroatoms. The van der Waals surface area contributed by atoms with E-state index in [2.05, 4.69) is 63.3 Å². The average Bonchev–Trinajstić information content (AvgIpc) is 2.35. The Morgan fingerprint density at radius 1 is 1.00 bits per heavy atom. The molecule has 1 rings (SSSR count). The van der Waals surface area contributed by atoms with Gasteiger partial charge < -0.3 is 5.32 Å². The highest BCUT2D eigenvalue weighted by atomic mass is 14.9. The number of hydrogen-bond acceptors (Lipinski definition) is 1. The number of nitrogens with one attached hydrogen (secondary N) is 1. The van der Waals surface area contributed by atoms with Crippen LogP contribution in [-0.4, -0.2) is 6.04 Å². The molecular formula is C15H25N. The van der Waals surface area contributed by atoms with Gasteiger partial charge in [-0.3, -0.25) is 0 Å². The van der Waals surface area contributed by atoms with E-state index in [1.54, 1.807) is 0 Å². The van der Waals surface area contributed by atoms with Gasteiger partial charge in [-0.05, 0) is 24.8 Å². The monoisotopic (exact) mass is 219 g/mol. The lowest BCUT2D eigenvalue weighted by molar-refractivity contribution is 0.330. The Morgan fingerprint density at radius 3 is 2.12 bits per heavy atom. The fourth-order valence-corrected chi connectivity index (χ4v) is 2.13. The van der Waals surface area contributed by atoms with Crippen molar-refractivity contribution < 1.29 is 0 Å². The molecule has 0 saturated carbocycles. The summed E-state index contributed by atoms with van der Waals surface area (Å²) in [4.78, 5) is 0. The van der Waals surface area contributed by atoms with Gasteiger partial charge in [-0.15, -0.1) is 0 Å². The molecule has 0 bridgehead atoms. The molecule has 0 aromatic heterocycles. The van der Waals surface area contributed by atoms with Crippen LogP contribution in [0, 0.1) is 5.92 Å². The van der Waals surface area contributed by atoms with E-state index >= 15 is 0 Å². The van der Waals surface area contributed by atoms with Crippen LogP contribution in [0.4, 0.5) is 0 Å². The van der Waals surface area contributed by atoms with Crippen LogP contribution < -0.4 is 5.32 Å². The first-order chi connectivity index (χ1) is 7.69. The largest absolute Gasteiger partial charge is 0.307 e. The van der Waals surface area contributed by atoms with Crippen molar-refractivity contribution in [2.75, 3.05) is 0 Å². The second kappa shape index (κ2) is 6.70. The number of rotatable bonds is 6. The van der Waals surface area contributed by atoms with Crippen molar-refractivity contribution in [1.29, 1.82) is 0 Å². The molecule has 0 amide bonds. The highest BCUT2D eigenvalue weighted by Gasteiger charge is 2.16. The lowest BCUT2D eigenvalue weighted by atomic mass is 9.95. The Morgan fingerprint density at radius 2 is 1.62 bits per heavy atom. The summed E-state index contributed by atoms with van der Waals surface area (Å²) in [5.41, 5.74) is 1.38. The van der Waals surface area contributed by atoms with Crippen molar-refractivity contribution >= 4 is 0 Å². The van der Waals surface area contributed by atoms with Crippen molar-refractivity contribution in [2.24, 2.45) is 5.92 Å². The summed E-state index contributed by atoms with van der Waals surface area (Å²) in [7, 11) is 0. The van der Waals surface area contributed by atoms with Gasteiger partial charge in [0.25, 0.3) is 0 Å². The zero-order valence-electron chi connectivity index (χ0n) is 11.0. The Labute approximate surface area is 100 Å². The molecule has 1 N–H and O–H groups in total. The normalized spacial score (nSPS) is 16.8. The third-order valence-corrected chi connectivity index (χ3v) is 3.53. The molecular weight excluding hydrogens is 194 g/mol. The Balaban J connectivity index is 2.59. The predicted octanol–water partition coefficient (Wildman–Crippen LogP) is 4.16. The third kappa shape index (κ3) is 3.64. The first-order valence-electron chi connectivity index (χ1n) is 6.50. The Bertz CT molecular complexity index is 281. The molecule has 0 saturated heterocycles. The lowest BCUT2D eigenvalue weighted by Gasteiger charge is -2.27. The van der Waals surface area contributed by atoms with Crippen molar-refractivity contribution in [3.8, 4) is 0 Å². The maximum atomic E-state index is 3.73. The Hall–Kier alpha value is -0.820. The molecule has 0 fully saturated rings. The average molecular weight is 219 g/mol. The van der Waals surface area contributed by atoms with Gasteiger partial charge in [0.2, 0.25) is 0 Å². The van der Waals surface area contributed by atoms with Crippen molar-refractivity contribution in [3.63, 3.8) is 0 Å². The minimum atomic E-state index is 0.445. The van der Waals surface area contributed by atoms with Crippen LogP contribution in [0.5, 0.6) is 0 Å². The van der Waals surface area contributed by atoms with E-state index in [0.717, 1.165) is 5.92 Å². The fourth-order valence-electron chi connectivity index (χ4n) is 2.13. The predicted molar refractivity (Wildman–Crippen MR) is 71.5 cm³/mol.